The van der Waals surface area contributed by atoms with Crippen molar-refractivity contribution in [2.75, 3.05) is 43.5 Å². The summed E-state index contributed by atoms with van der Waals surface area (Å²) in [4.78, 5) is 28.0. The first kappa shape index (κ1) is 17.2. The molecule has 1 saturated heterocycles. The molecule has 1 aromatic rings. The summed E-state index contributed by atoms with van der Waals surface area (Å²) in [7, 11) is 1.70. The highest BCUT2D eigenvalue weighted by Crippen LogP contribution is 2.34. The lowest BCUT2D eigenvalue weighted by Crippen LogP contribution is -2.38. The van der Waals surface area contributed by atoms with Gasteiger partial charge in [-0.25, -0.2) is 0 Å². The fraction of sp³-hybridized carbons (Fsp3) is 0.500. The molecule has 2 aliphatic rings. The molecule has 0 aliphatic carbocycles. The van der Waals surface area contributed by atoms with Crippen molar-refractivity contribution in [2.24, 2.45) is 5.92 Å². The number of rotatable bonds is 4. The molecule has 7 nitrogen and oxygen atoms in total. The minimum atomic E-state index is -0.110. The van der Waals surface area contributed by atoms with Crippen molar-refractivity contribution >= 4 is 23.2 Å². The monoisotopic (exact) mass is 342 g/mol. The van der Waals surface area contributed by atoms with Crippen LogP contribution < -0.4 is 15.0 Å². The highest BCUT2D eigenvalue weighted by Gasteiger charge is 2.26. The number of nitrogens with one attached hydrogen (secondary N) is 1. The van der Waals surface area contributed by atoms with Gasteiger partial charge in [0.05, 0.1) is 11.8 Å². The topological polar surface area (TPSA) is 85.7 Å². The van der Waals surface area contributed by atoms with Crippen molar-refractivity contribution in [3.05, 3.63) is 18.2 Å². The molecule has 132 valence electrons. The van der Waals surface area contributed by atoms with Crippen LogP contribution in [0.15, 0.2) is 18.2 Å². The van der Waals surface area contributed by atoms with E-state index in [4.69, 9.17) is 10.00 Å². The average Bonchev–Trinajstić information content (AvgIpc) is 2.64. The Bertz CT molecular complexity index is 705. The number of ether oxygens (including phenoxy) is 1. The number of likely N-dealkylation sites (tertiary alicyclic amines) is 1. The Morgan fingerprint density at radius 1 is 1.40 bits per heavy atom. The molecule has 1 N–H and O–H groups in total. The molecular formula is C18H22N4O3. The predicted molar refractivity (Wildman–Crippen MR) is 93.4 cm³/mol. The van der Waals surface area contributed by atoms with E-state index in [1.54, 1.807) is 30.1 Å². The Morgan fingerprint density at radius 3 is 2.88 bits per heavy atom. The smallest absolute Gasteiger partial charge is 0.264 e. The molecule has 0 spiro atoms. The Labute approximate surface area is 147 Å². The number of anilines is 2. The summed E-state index contributed by atoms with van der Waals surface area (Å²) in [6, 6.07) is 7.49. The molecule has 0 bridgehead atoms. The van der Waals surface area contributed by atoms with Gasteiger partial charge in [0.15, 0.2) is 6.61 Å². The second kappa shape index (κ2) is 7.53. The van der Waals surface area contributed by atoms with E-state index >= 15 is 0 Å². The van der Waals surface area contributed by atoms with Crippen molar-refractivity contribution in [3.63, 3.8) is 0 Å². The van der Waals surface area contributed by atoms with Crippen molar-refractivity contribution in [2.45, 2.75) is 19.3 Å². The van der Waals surface area contributed by atoms with Gasteiger partial charge in [-0.05, 0) is 44.1 Å². The number of nitriles is 1. The van der Waals surface area contributed by atoms with Crippen LogP contribution in [0.2, 0.25) is 0 Å². The lowest BCUT2D eigenvalue weighted by molar-refractivity contribution is -0.121. The van der Waals surface area contributed by atoms with Crippen LogP contribution in [0.3, 0.4) is 0 Å². The molecule has 3 rings (SSSR count). The molecule has 2 heterocycles. The molecular weight excluding hydrogens is 320 g/mol. The van der Waals surface area contributed by atoms with E-state index in [1.165, 1.54) is 0 Å². The summed E-state index contributed by atoms with van der Waals surface area (Å²) in [5, 5.41) is 11.6. The first-order valence-electron chi connectivity index (χ1n) is 8.52. The molecule has 2 amide bonds. The van der Waals surface area contributed by atoms with Crippen molar-refractivity contribution in [1.82, 2.24) is 4.90 Å². The SMILES string of the molecule is CN1C(=O)COc2ccc(NC(=O)C3CCN(CCC#N)CC3)cc21. The molecule has 0 saturated carbocycles. The molecule has 7 heteroatoms. The molecule has 0 radical (unpaired) electrons. The van der Waals surface area contributed by atoms with Gasteiger partial charge >= 0.3 is 0 Å². The summed E-state index contributed by atoms with van der Waals surface area (Å²) < 4.78 is 5.39. The van der Waals surface area contributed by atoms with E-state index < -0.39 is 0 Å². The molecule has 1 fully saturated rings. The summed E-state index contributed by atoms with van der Waals surface area (Å²) in [5.74, 6) is 0.516. The number of nitrogens with zero attached hydrogens (tertiary/aromatic N) is 3. The van der Waals surface area contributed by atoms with Crippen LogP contribution in [0.1, 0.15) is 19.3 Å². The van der Waals surface area contributed by atoms with E-state index in [-0.39, 0.29) is 24.3 Å². The van der Waals surface area contributed by atoms with Gasteiger partial charge in [-0.3, -0.25) is 9.59 Å². The zero-order valence-electron chi connectivity index (χ0n) is 14.3. The Balaban J connectivity index is 1.59. The van der Waals surface area contributed by atoms with E-state index in [0.29, 0.717) is 23.5 Å². The molecule has 0 aromatic heterocycles. The number of hydrogen-bond donors (Lipinski definition) is 1. The lowest BCUT2D eigenvalue weighted by Gasteiger charge is -2.31. The van der Waals surface area contributed by atoms with E-state index in [2.05, 4.69) is 16.3 Å². The summed E-state index contributed by atoms with van der Waals surface area (Å²) in [5.41, 5.74) is 1.33. The summed E-state index contributed by atoms with van der Waals surface area (Å²) in [6.07, 6.45) is 2.12. The third kappa shape index (κ3) is 3.91. The Kier molecular flexibility index (Phi) is 5.19. The quantitative estimate of drug-likeness (QED) is 0.898. The highest BCUT2D eigenvalue weighted by molar-refractivity contribution is 5.99. The first-order valence-corrected chi connectivity index (χ1v) is 8.52. The largest absolute Gasteiger partial charge is 0.482 e. The van der Waals surface area contributed by atoms with Crippen molar-refractivity contribution in [3.8, 4) is 11.8 Å². The van der Waals surface area contributed by atoms with Gasteiger partial charge in [-0.2, -0.15) is 5.26 Å². The van der Waals surface area contributed by atoms with Crippen LogP contribution in [-0.4, -0.2) is 50.0 Å². The number of piperidine rings is 1. The molecule has 1 aromatic carbocycles. The van der Waals surface area contributed by atoms with Gasteiger partial charge in [-0.15, -0.1) is 0 Å². The molecule has 25 heavy (non-hydrogen) atoms. The number of fused-ring (bicyclic) bond motifs is 1. The third-order valence-electron chi connectivity index (χ3n) is 4.81. The number of hydrogen-bond acceptors (Lipinski definition) is 5. The van der Waals surface area contributed by atoms with Crippen LogP contribution in [0, 0.1) is 17.2 Å². The van der Waals surface area contributed by atoms with Gasteiger partial charge < -0.3 is 19.9 Å². The maximum absolute atomic E-state index is 12.5. The van der Waals surface area contributed by atoms with Gasteiger partial charge in [0.1, 0.15) is 5.75 Å². The van der Waals surface area contributed by atoms with Crippen LogP contribution in [0.5, 0.6) is 5.75 Å². The van der Waals surface area contributed by atoms with Crippen LogP contribution in [0.25, 0.3) is 0 Å². The number of likely N-dealkylation sites (N-methyl/N-ethyl adjacent to an activating group) is 1. The summed E-state index contributed by atoms with van der Waals surface area (Å²) in [6.45, 7) is 2.50. The first-order chi connectivity index (χ1) is 12.1. The zero-order chi connectivity index (χ0) is 17.8. The van der Waals surface area contributed by atoms with Gasteiger partial charge in [-0.1, -0.05) is 0 Å². The van der Waals surface area contributed by atoms with Crippen LogP contribution in [-0.2, 0) is 9.59 Å². The van der Waals surface area contributed by atoms with Gasteiger partial charge in [0.25, 0.3) is 5.91 Å². The fourth-order valence-electron chi connectivity index (χ4n) is 3.22. The second-order valence-corrected chi connectivity index (χ2v) is 6.44. The Hall–Kier alpha value is -2.59. The number of amides is 2. The molecule has 2 aliphatic heterocycles. The zero-order valence-corrected chi connectivity index (χ0v) is 14.3. The standard InChI is InChI=1S/C18H22N4O3/c1-21-15-11-14(3-4-16(15)25-12-17(21)23)20-18(24)13-5-9-22(10-6-13)8-2-7-19/h3-4,11,13H,2,5-6,8-10,12H2,1H3,(H,20,24). The number of carbonyl (C=O) groups excluding carboxylic acids is 2. The van der Waals surface area contributed by atoms with Crippen LogP contribution in [0.4, 0.5) is 11.4 Å². The summed E-state index contributed by atoms with van der Waals surface area (Å²) >= 11 is 0. The van der Waals surface area contributed by atoms with Crippen molar-refractivity contribution in [1.29, 1.82) is 5.26 Å². The molecule has 0 atom stereocenters. The van der Waals surface area contributed by atoms with Gasteiger partial charge in [0.2, 0.25) is 5.91 Å². The third-order valence-corrected chi connectivity index (χ3v) is 4.81. The maximum atomic E-state index is 12.5. The number of carbonyl (C=O) groups is 2. The van der Waals surface area contributed by atoms with E-state index in [9.17, 15) is 9.59 Å². The van der Waals surface area contributed by atoms with Crippen LogP contribution >= 0.6 is 0 Å². The second-order valence-electron chi connectivity index (χ2n) is 6.44. The minimum absolute atomic E-state index is 0.00518. The minimum Gasteiger partial charge on any atom is -0.482 e. The number of benzene rings is 1. The van der Waals surface area contributed by atoms with E-state index in [0.717, 1.165) is 32.5 Å². The molecule has 0 unspecified atom stereocenters. The predicted octanol–water partition coefficient (Wildman–Crippen LogP) is 1.61. The maximum Gasteiger partial charge on any atom is 0.264 e. The Morgan fingerprint density at radius 2 is 2.16 bits per heavy atom. The fourth-order valence-corrected chi connectivity index (χ4v) is 3.22. The normalized spacial score (nSPS) is 18.2. The lowest BCUT2D eigenvalue weighted by atomic mass is 9.95. The van der Waals surface area contributed by atoms with Crippen molar-refractivity contribution < 1.29 is 14.3 Å². The van der Waals surface area contributed by atoms with Gasteiger partial charge in [0, 0.05) is 31.6 Å². The van der Waals surface area contributed by atoms with E-state index in [1.807, 2.05) is 0 Å². The highest BCUT2D eigenvalue weighted by atomic mass is 16.5. The average molecular weight is 342 g/mol.